The summed E-state index contributed by atoms with van der Waals surface area (Å²) in [5.41, 5.74) is 0.570. The second kappa shape index (κ2) is 4.09. The summed E-state index contributed by atoms with van der Waals surface area (Å²) in [7, 11) is 3.39. The van der Waals surface area contributed by atoms with Gasteiger partial charge in [0.05, 0.1) is 5.69 Å². The van der Waals surface area contributed by atoms with Gasteiger partial charge >= 0.3 is 0 Å². The molecule has 0 aliphatic carbocycles. The predicted octanol–water partition coefficient (Wildman–Crippen LogP) is 0.779. The van der Waals surface area contributed by atoms with E-state index in [9.17, 15) is 9.59 Å². The van der Waals surface area contributed by atoms with Gasteiger partial charge in [0.1, 0.15) is 6.54 Å². The van der Waals surface area contributed by atoms with Gasteiger partial charge in [0, 0.05) is 27.2 Å². The first kappa shape index (κ1) is 10.5. The molecule has 0 radical (unpaired) electrons. The lowest BCUT2D eigenvalue weighted by Crippen LogP contribution is -2.27. The Bertz CT molecular complexity index is 353. The van der Waals surface area contributed by atoms with Crippen molar-refractivity contribution in [2.24, 2.45) is 0 Å². The monoisotopic (exact) mass is 194 g/mol. The topological polar surface area (TPSA) is 42.3 Å². The lowest BCUT2D eigenvalue weighted by molar-refractivity contribution is -0.129. The number of aromatic nitrogens is 1. The van der Waals surface area contributed by atoms with E-state index < -0.39 is 0 Å². The van der Waals surface area contributed by atoms with Gasteiger partial charge in [0.25, 0.3) is 0 Å². The van der Waals surface area contributed by atoms with Crippen LogP contribution in [0.15, 0.2) is 18.3 Å². The fraction of sp³-hybridized carbons (Fsp3) is 0.400. The van der Waals surface area contributed by atoms with E-state index in [1.807, 2.05) is 0 Å². The van der Waals surface area contributed by atoms with E-state index in [0.717, 1.165) is 0 Å². The van der Waals surface area contributed by atoms with E-state index in [-0.39, 0.29) is 18.2 Å². The van der Waals surface area contributed by atoms with Gasteiger partial charge in [-0.2, -0.15) is 0 Å². The highest BCUT2D eigenvalue weighted by atomic mass is 16.2. The standard InChI is InChI=1S/C10H14N2O2/c1-8(13)9-5-4-6-12(9)7-10(14)11(2)3/h4-6H,7H2,1-3H3. The van der Waals surface area contributed by atoms with Crippen LogP contribution in [0.1, 0.15) is 17.4 Å². The molecule has 0 aliphatic rings. The summed E-state index contributed by atoms with van der Waals surface area (Å²) in [5.74, 6) is -0.0507. The Hall–Kier alpha value is -1.58. The van der Waals surface area contributed by atoms with Crippen molar-refractivity contribution in [1.29, 1.82) is 0 Å². The van der Waals surface area contributed by atoms with Gasteiger partial charge in [-0.15, -0.1) is 0 Å². The molecule has 0 spiro atoms. The number of carbonyl (C=O) groups excluding carboxylic acids is 2. The number of hydrogen-bond donors (Lipinski definition) is 0. The maximum absolute atomic E-state index is 11.4. The molecule has 1 amide bonds. The fourth-order valence-electron chi connectivity index (χ4n) is 1.16. The number of likely N-dealkylation sites (N-methyl/N-ethyl adjacent to an activating group) is 1. The van der Waals surface area contributed by atoms with Gasteiger partial charge in [-0.05, 0) is 12.1 Å². The average molecular weight is 194 g/mol. The van der Waals surface area contributed by atoms with Gasteiger partial charge in [-0.25, -0.2) is 0 Å². The molecule has 1 aromatic heterocycles. The molecule has 1 heterocycles. The molecule has 1 rings (SSSR count). The lowest BCUT2D eigenvalue weighted by atomic mass is 10.3. The van der Waals surface area contributed by atoms with Crippen LogP contribution in [0.5, 0.6) is 0 Å². The Kier molecular flexibility index (Phi) is 3.06. The summed E-state index contributed by atoms with van der Waals surface area (Å²) in [5, 5.41) is 0. The predicted molar refractivity (Wildman–Crippen MR) is 53.1 cm³/mol. The Morgan fingerprint density at radius 1 is 1.43 bits per heavy atom. The maximum Gasteiger partial charge on any atom is 0.241 e. The SMILES string of the molecule is CC(=O)c1cccn1CC(=O)N(C)C. The molecular weight excluding hydrogens is 180 g/mol. The lowest BCUT2D eigenvalue weighted by Gasteiger charge is -2.12. The zero-order valence-corrected chi connectivity index (χ0v) is 8.65. The second-order valence-electron chi connectivity index (χ2n) is 3.37. The second-order valence-corrected chi connectivity index (χ2v) is 3.37. The summed E-state index contributed by atoms with van der Waals surface area (Å²) in [6.07, 6.45) is 1.73. The van der Waals surface area contributed by atoms with Crippen LogP contribution in [0.2, 0.25) is 0 Å². The third-order valence-electron chi connectivity index (χ3n) is 1.99. The van der Waals surface area contributed by atoms with Crippen molar-refractivity contribution in [3.05, 3.63) is 24.0 Å². The highest BCUT2D eigenvalue weighted by molar-refractivity contribution is 5.93. The van der Waals surface area contributed by atoms with Crippen LogP contribution in [-0.2, 0) is 11.3 Å². The van der Waals surface area contributed by atoms with Gasteiger partial charge in [-0.3, -0.25) is 9.59 Å². The van der Waals surface area contributed by atoms with Crippen molar-refractivity contribution in [3.63, 3.8) is 0 Å². The van der Waals surface area contributed by atoms with E-state index in [0.29, 0.717) is 5.69 Å². The number of carbonyl (C=O) groups is 2. The normalized spacial score (nSPS) is 9.93. The summed E-state index contributed by atoms with van der Waals surface area (Å²) >= 11 is 0. The summed E-state index contributed by atoms with van der Waals surface area (Å²) < 4.78 is 1.66. The maximum atomic E-state index is 11.4. The summed E-state index contributed by atoms with van der Waals surface area (Å²) in [6.45, 7) is 1.71. The highest BCUT2D eigenvalue weighted by Crippen LogP contribution is 2.03. The smallest absolute Gasteiger partial charge is 0.241 e. The molecule has 76 valence electrons. The van der Waals surface area contributed by atoms with Crippen molar-refractivity contribution < 1.29 is 9.59 Å². The van der Waals surface area contributed by atoms with Crippen molar-refractivity contribution in [3.8, 4) is 0 Å². The highest BCUT2D eigenvalue weighted by Gasteiger charge is 2.10. The molecule has 0 fully saturated rings. The molecule has 0 saturated carbocycles. The molecule has 4 heteroatoms. The number of Topliss-reactive ketones (excluding diaryl/α,β-unsaturated/α-hetero) is 1. The molecule has 0 atom stereocenters. The zero-order valence-electron chi connectivity index (χ0n) is 8.65. The van der Waals surface area contributed by atoms with Gasteiger partial charge < -0.3 is 9.47 Å². The Morgan fingerprint density at radius 3 is 2.57 bits per heavy atom. The number of amides is 1. The zero-order chi connectivity index (χ0) is 10.7. The van der Waals surface area contributed by atoms with E-state index in [2.05, 4.69) is 0 Å². The van der Waals surface area contributed by atoms with Crippen molar-refractivity contribution in [2.45, 2.75) is 13.5 Å². The third kappa shape index (κ3) is 2.22. The van der Waals surface area contributed by atoms with E-state index in [1.54, 1.807) is 37.0 Å². The number of ketones is 1. The van der Waals surface area contributed by atoms with E-state index in [4.69, 9.17) is 0 Å². The van der Waals surface area contributed by atoms with Crippen LogP contribution in [0.4, 0.5) is 0 Å². The Balaban J connectivity index is 2.82. The van der Waals surface area contributed by atoms with Crippen LogP contribution in [0.3, 0.4) is 0 Å². The van der Waals surface area contributed by atoms with Crippen molar-refractivity contribution >= 4 is 11.7 Å². The van der Waals surface area contributed by atoms with Gasteiger partial charge in [-0.1, -0.05) is 0 Å². The Morgan fingerprint density at radius 2 is 2.07 bits per heavy atom. The summed E-state index contributed by atoms with van der Waals surface area (Å²) in [6, 6.07) is 3.48. The number of nitrogens with zero attached hydrogens (tertiary/aromatic N) is 2. The van der Waals surface area contributed by atoms with E-state index >= 15 is 0 Å². The van der Waals surface area contributed by atoms with Crippen LogP contribution < -0.4 is 0 Å². The van der Waals surface area contributed by atoms with Gasteiger partial charge in [0.15, 0.2) is 5.78 Å². The minimum Gasteiger partial charge on any atom is -0.347 e. The molecule has 1 aromatic rings. The summed E-state index contributed by atoms with van der Waals surface area (Å²) in [4.78, 5) is 24.0. The number of hydrogen-bond acceptors (Lipinski definition) is 2. The van der Waals surface area contributed by atoms with Crippen LogP contribution in [0.25, 0.3) is 0 Å². The third-order valence-corrected chi connectivity index (χ3v) is 1.99. The van der Waals surface area contributed by atoms with Crippen LogP contribution in [-0.4, -0.2) is 35.3 Å². The largest absolute Gasteiger partial charge is 0.347 e. The minimum atomic E-state index is -0.0263. The molecule has 0 aliphatic heterocycles. The fourth-order valence-corrected chi connectivity index (χ4v) is 1.16. The van der Waals surface area contributed by atoms with Gasteiger partial charge in [0.2, 0.25) is 5.91 Å². The minimum absolute atomic E-state index is 0.0244. The molecule has 0 saturated heterocycles. The number of rotatable bonds is 3. The van der Waals surface area contributed by atoms with Crippen LogP contribution in [0, 0.1) is 0 Å². The van der Waals surface area contributed by atoms with Crippen molar-refractivity contribution in [1.82, 2.24) is 9.47 Å². The molecule has 0 unspecified atom stereocenters. The van der Waals surface area contributed by atoms with Crippen LogP contribution >= 0.6 is 0 Å². The molecule has 0 N–H and O–H groups in total. The first-order chi connectivity index (χ1) is 6.52. The molecule has 4 nitrogen and oxygen atoms in total. The first-order valence-corrected chi connectivity index (χ1v) is 4.38. The molecular formula is C10H14N2O2. The quantitative estimate of drug-likeness (QED) is 0.667. The molecule has 0 aromatic carbocycles. The average Bonchev–Trinajstić information content (AvgIpc) is 2.52. The Labute approximate surface area is 83.1 Å². The molecule has 14 heavy (non-hydrogen) atoms. The molecule has 0 bridgehead atoms. The van der Waals surface area contributed by atoms with E-state index in [1.165, 1.54) is 11.8 Å². The van der Waals surface area contributed by atoms with Crippen molar-refractivity contribution in [2.75, 3.05) is 14.1 Å². The first-order valence-electron chi connectivity index (χ1n) is 4.38.